The van der Waals surface area contributed by atoms with E-state index in [1.54, 1.807) is 11.3 Å². The van der Waals surface area contributed by atoms with Crippen molar-refractivity contribution in [1.29, 1.82) is 0 Å². The number of thiazole rings is 1. The molecule has 0 unspecified atom stereocenters. The molecule has 0 aliphatic carbocycles. The minimum atomic E-state index is 0. The van der Waals surface area contributed by atoms with Crippen molar-refractivity contribution < 1.29 is 4.79 Å². The molecule has 0 aliphatic heterocycles. The number of benzene rings is 1. The fraction of sp³-hybridized carbons (Fsp3) is 0.556. The van der Waals surface area contributed by atoms with Gasteiger partial charge in [-0.1, -0.05) is 43.7 Å². The van der Waals surface area contributed by atoms with Crippen LogP contribution in [0.5, 0.6) is 0 Å². The molecule has 1 aromatic carbocycles. The Labute approximate surface area is 165 Å². The van der Waals surface area contributed by atoms with E-state index in [2.05, 4.69) is 18.7 Å². The number of halogens is 2. The predicted molar refractivity (Wildman–Crippen MR) is 112 cm³/mol. The van der Waals surface area contributed by atoms with Crippen molar-refractivity contribution in [3.63, 3.8) is 0 Å². The average molecular weight is 404 g/mol. The molecular weight excluding hydrogens is 377 g/mol. The Hall–Kier alpha value is -0.880. The van der Waals surface area contributed by atoms with Crippen molar-refractivity contribution in [2.45, 2.75) is 40.5 Å². The maximum Gasteiger partial charge on any atom is 0.228 e. The van der Waals surface area contributed by atoms with Crippen LogP contribution in [0, 0.1) is 6.92 Å². The number of fused-ring (bicyclic) bond motifs is 1. The first-order valence-corrected chi connectivity index (χ1v) is 9.78. The van der Waals surface area contributed by atoms with E-state index in [1.807, 2.05) is 30.9 Å². The van der Waals surface area contributed by atoms with E-state index in [9.17, 15) is 4.79 Å². The molecule has 0 N–H and O–H groups in total. The zero-order valence-corrected chi connectivity index (χ0v) is 17.7. The van der Waals surface area contributed by atoms with Crippen LogP contribution >= 0.6 is 35.3 Å². The third-order valence-corrected chi connectivity index (χ3v) is 5.41. The van der Waals surface area contributed by atoms with Crippen molar-refractivity contribution in [1.82, 2.24) is 9.88 Å². The van der Waals surface area contributed by atoms with Crippen LogP contribution < -0.4 is 4.90 Å². The molecule has 1 aromatic heterocycles. The molecule has 0 saturated heterocycles. The maximum atomic E-state index is 12.6. The molecule has 0 radical (unpaired) electrons. The summed E-state index contributed by atoms with van der Waals surface area (Å²) in [5, 5.41) is 1.49. The number of amides is 1. The molecule has 0 atom stereocenters. The van der Waals surface area contributed by atoms with Crippen LogP contribution in [-0.2, 0) is 4.79 Å². The van der Waals surface area contributed by atoms with Gasteiger partial charge in [0.05, 0.1) is 10.2 Å². The first kappa shape index (κ1) is 22.2. The number of carbonyl (C=O) groups is 1. The monoisotopic (exact) mass is 403 g/mol. The lowest BCUT2D eigenvalue weighted by molar-refractivity contribution is -0.118. The highest BCUT2D eigenvalue weighted by atomic mass is 35.5. The molecule has 4 nitrogen and oxygen atoms in total. The number of hydrogen-bond donors (Lipinski definition) is 0. The fourth-order valence-electron chi connectivity index (χ4n) is 2.72. The highest BCUT2D eigenvalue weighted by Crippen LogP contribution is 2.33. The molecule has 0 bridgehead atoms. The molecule has 2 rings (SSSR count). The topological polar surface area (TPSA) is 36.4 Å². The molecule has 140 valence electrons. The van der Waals surface area contributed by atoms with Gasteiger partial charge in [-0.3, -0.25) is 9.69 Å². The molecule has 7 heteroatoms. The third-order valence-electron chi connectivity index (χ3n) is 4.17. The van der Waals surface area contributed by atoms with Crippen molar-refractivity contribution in [2.24, 2.45) is 0 Å². The summed E-state index contributed by atoms with van der Waals surface area (Å²) in [4.78, 5) is 21.5. The Bertz CT molecular complexity index is 701. The van der Waals surface area contributed by atoms with Gasteiger partial charge in [-0.15, -0.1) is 12.4 Å². The van der Waals surface area contributed by atoms with Gasteiger partial charge in [0.2, 0.25) is 5.91 Å². The molecule has 0 spiro atoms. The van der Waals surface area contributed by atoms with E-state index in [0.717, 1.165) is 47.0 Å². The number of aromatic nitrogens is 1. The summed E-state index contributed by atoms with van der Waals surface area (Å²) in [5.41, 5.74) is 1.99. The summed E-state index contributed by atoms with van der Waals surface area (Å²) >= 11 is 7.70. The second-order valence-corrected chi connectivity index (χ2v) is 7.33. The number of aryl methyl sites for hydroxylation is 1. The van der Waals surface area contributed by atoms with Gasteiger partial charge < -0.3 is 4.90 Å². The largest absolute Gasteiger partial charge is 0.302 e. The highest BCUT2D eigenvalue weighted by molar-refractivity contribution is 7.22. The van der Waals surface area contributed by atoms with Gasteiger partial charge in [-0.2, -0.15) is 0 Å². The van der Waals surface area contributed by atoms with Crippen LogP contribution in [-0.4, -0.2) is 42.0 Å². The minimum Gasteiger partial charge on any atom is -0.302 e. The summed E-state index contributed by atoms with van der Waals surface area (Å²) in [5.74, 6) is 0.146. The SMILES string of the molecule is CCCC(=O)N(CCN(CC)CC)c1nc2c(C)cc(Cl)cc2s1.Cl. The minimum absolute atomic E-state index is 0. The number of carbonyl (C=O) groups excluding carboxylic acids is 1. The Morgan fingerprint density at radius 3 is 2.48 bits per heavy atom. The van der Waals surface area contributed by atoms with Crippen LogP contribution in [0.2, 0.25) is 5.02 Å². The van der Waals surface area contributed by atoms with Crippen LogP contribution in [0.4, 0.5) is 5.13 Å². The van der Waals surface area contributed by atoms with Crippen LogP contribution in [0.3, 0.4) is 0 Å². The summed E-state index contributed by atoms with van der Waals surface area (Å²) in [6, 6.07) is 3.85. The number of anilines is 1. The zero-order chi connectivity index (χ0) is 17.7. The quantitative estimate of drug-likeness (QED) is 0.610. The van der Waals surface area contributed by atoms with Crippen molar-refractivity contribution >= 4 is 56.6 Å². The lowest BCUT2D eigenvalue weighted by Crippen LogP contribution is -2.38. The molecule has 1 amide bonds. The molecule has 1 heterocycles. The molecule has 0 aliphatic rings. The summed E-state index contributed by atoms with van der Waals surface area (Å²) < 4.78 is 1.03. The average Bonchev–Trinajstić information content (AvgIpc) is 2.95. The van der Waals surface area contributed by atoms with E-state index < -0.39 is 0 Å². The summed E-state index contributed by atoms with van der Waals surface area (Å²) in [6.45, 7) is 11.8. The lowest BCUT2D eigenvalue weighted by Gasteiger charge is -2.24. The predicted octanol–water partition coefficient (Wildman–Crippen LogP) is 5.15. The third kappa shape index (κ3) is 5.55. The molecular formula is C18H27Cl2N3OS. The lowest BCUT2D eigenvalue weighted by atomic mass is 10.2. The number of rotatable bonds is 8. The molecule has 0 saturated carbocycles. The number of hydrogen-bond acceptors (Lipinski definition) is 4. The van der Waals surface area contributed by atoms with E-state index >= 15 is 0 Å². The standard InChI is InChI=1S/C18H26ClN3OS.ClH/c1-5-8-16(23)22(10-9-21(6-2)7-3)18-20-17-13(4)11-14(19)12-15(17)24-18;/h11-12H,5-10H2,1-4H3;1H. The van der Waals surface area contributed by atoms with E-state index in [0.29, 0.717) is 18.0 Å². The van der Waals surface area contributed by atoms with Crippen LogP contribution in [0.15, 0.2) is 12.1 Å². The Morgan fingerprint density at radius 2 is 1.88 bits per heavy atom. The van der Waals surface area contributed by atoms with Gasteiger partial charge in [-0.25, -0.2) is 4.98 Å². The van der Waals surface area contributed by atoms with E-state index in [1.165, 1.54) is 0 Å². The Balaban J connectivity index is 0.00000312. The van der Waals surface area contributed by atoms with Crippen molar-refractivity contribution in [3.05, 3.63) is 22.7 Å². The highest BCUT2D eigenvalue weighted by Gasteiger charge is 2.20. The number of likely N-dealkylation sites (N-methyl/N-ethyl adjacent to an activating group) is 1. The van der Waals surface area contributed by atoms with Gasteiger partial charge in [0.15, 0.2) is 5.13 Å². The smallest absolute Gasteiger partial charge is 0.228 e. The van der Waals surface area contributed by atoms with Gasteiger partial charge in [-0.05, 0) is 44.1 Å². The first-order valence-electron chi connectivity index (χ1n) is 8.59. The zero-order valence-electron chi connectivity index (χ0n) is 15.3. The summed E-state index contributed by atoms with van der Waals surface area (Å²) in [7, 11) is 0. The fourth-order valence-corrected chi connectivity index (χ4v) is 4.18. The normalized spacial score (nSPS) is 11.0. The van der Waals surface area contributed by atoms with Gasteiger partial charge in [0.25, 0.3) is 0 Å². The van der Waals surface area contributed by atoms with Crippen molar-refractivity contribution in [3.8, 4) is 0 Å². The van der Waals surface area contributed by atoms with E-state index in [-0.39, 0.29) is 18.3 Å². The maximum absolute atomic E-state index is 12.6. The Kier molecular flexibility index (Phi) is 9.14. The van der Waals surface area contributed by atoms with E-state index in [4.69, 9.17) is 16.6 Å². The van der Waals surface area contributed by atoms with Crippen LogP contribution in [0.1, 0.15) is 39.2 Å². The molecule has 25 heavy (non-hydrogen) atoms. The second kappa shape index (κ2) is 10.3. The second-order valence-electron chi connectivity index (χ2n) is 5.89. The first-order chi connectivity index (χ1) is 11.5. The van der Waals surface area contributed by atoms with Crippen LogP contribution in [0.25, 0.3) is 10.2 Å². The van der Waals surface area contributed by atoms with Crippen molar-refractivity contribution in [2.75, 3.05) is 31.1 Å². The Morgan fingerprint density at radius 1 is 1.20 bits per heavy atom. The number of nitrogens with zero attached hydrogens (tertiary/aromatic N) is 3. The van der Waals surface area contributed by atoms with Gasteiger partial charge in [0, 0.05) is 24.5 Å². The molecule has 0 fully saturated rings. The van der Waals surface area contributed by atoms with Gasteiger partial charge in [0.1, 0.15) is 0 Å². The molecule has 2 aromatic rings. The summed E-state index contributed by atoms with van der Waals surface area (Å²) in [6.07, 6.45) is 1.39. The van der Waals surface area contributed by atoms with Gasteiger partial charge >= 0.3 is 0 Å².